The molecule has 3 rings (SSSR count). The van der Waals surface area contributed by atoms with Crippen molar-refractivity contribution >= 4 is 5.97 Å². The van der Waals surface area contributed by atoms with E-state index in [1.807, 2.05) is 0 Å². The van der Waals surface area contributed by atoms with Crippen LogP contribution < -0.4 is 0 Å². The number of carbonyl (C=O) groups is 1. The largest absolute Gasteiger partial charge is 0.508 e. The molecule has 1 aliphatic rings. The first kappa shape index (κ1) is 18.3. The van der Waals surface area contributed by atoms with Crippen molar-refractivity contribution in [3.63, 3.8) is 0 Å². The monoisotopic (exact) mass is 364 g/mol. The summed E-state index contributed by atoms with van der Waals surface area (Å²) in [6.45, 7) is 0. The predicted molar refractivity (Wildman–Crippen MR) is 90.6 cm³/mol. The fourth-order valence-corrected chi connectivity index (χ4v) is 3.05. The van der Waals surface area contributed by atoms with E-state index in [0.29, 0.717) is 29.0 Å². The van der Waals surface area contributed by atoms with Gasteiger partial charge in [-0.05, 0) is 53.3 Å². The number of ether oxygens (including phenoxy) is 1. The van der Waals surface area contributed by atoms with Gasteiger partial charge in [0.25, 0.3) is 0 Å². The molecule has 0 saturated heterocycles. The lowest BCUT2D eigenvalue weighted by atomic mass is 9.90. The van der Waals surface area contributed by atoms with E-state index in [2.05, 4.69) is 0 Å². The maximum atomic E-state index is 12.7. The van der Waals surface area contributed by atoms with Gasteiger partial charge in [0.2, 0.25) is 0 Å². The van der Waals surface area contributed by atoms with Crippen molar-refractivity contribution in [3.05, 3.63) is 53.6 Å². The van der Waals surface area contributed by atoms with Gasteiger partial charge in [0.1, 0.15) is 5.75 Å². The number of esters is 1. The third-order valence-electron chi connectivity index (χ3n) is 4.64. The highest BCUT2D eigenvalue weighted by atomic mass is 19.4. The lowest BCUT2D eigenvalue weighted by molar-refractivity contribution is -0.142. The highest BCUT2D eigenvalue weighted by Crippen LogP contribution is 2.41. The van der Waals surface area contributed by atoms with Crippen LogP contribution in [0, 0.1) is 5.92 Å². The molecule has 0 aliphatic heterocycles. The van der Waals surface area contributed by atoms with E-state index in [0.717, 1.165) is 25.0 Å². The Morgan fingerprint density at radius 2 is 1.81 bits per heavy atom. The topological polar surface area (TPSA) is 46.5 Å². The smallest absolute Gasteiger partial charge is 0.416 e. The molecular formula is C20H19F3O3. The van der Waals surface area contributed by atoms with Crippen molar-refractivity contribution in [3.8, 4) is 16.9 Å². The molecule has 0 bridgehead atoms. The van der Waals surface area contributed by atoms with Crippen molar-refractivity contribution in [1.82, 2.24) is 0 Å². The second kappa shape index (κ2) is 7.02. The summed E-state index contributed by atoms with van der Waals surface area (Å²) in [5.41, 5.74) is 0.963. The van der Waals surface area contributed by atoms with Crippen LogP contribution in [0.15, 0.2) is 42.5 Å². The van der Waals surface area contributed by atoms with Crippen LogP contribution >= 0.6 is 0 Å². The summed E-state index contributed by atoms with van der Waals surface area (Å²) in [6, 6.07) is 9.42. The molecule has 1 fully saturated rings. The third kappa shape index (κ3) is 4.18. The number of carbonyl (C=O) groups excluding carboxylic acids is 1. The summed E-state index contributed by atoms with van der Waals surface area (Å²) in [4.78, 5) is 12.2. The molecule has 1 N–H and O–H groups in total. The van der Waals surface area contributed by atoms with Gasteiger partial charge in [-0.2, -0.15) is 13.2 Å². The number of aromatic hydroxyl groups is 1. The minimum atomic E-state index is -4.40. The van der Waals surface area contributed by atoms with E-state index in [1.165, 1.54) is 31.4 Å². The number of benzene rings is 2. The Balaban J connectivity index is 1.94. The first-order chi connectivity index (χ1) is 12.3. The van der Waals surface area contributed by atoms with Gasteiger partial charge in [-0.1, -0.05) is 31.0 Å². The lowest BCUT2D eigenvalue weighted by Crippen LogP contribution is -2.15. The van der Waals surface area contributed by atoms with E-state index >= 15 is 0 Å². The molecule has 26 heavy (non-hydrogen) atoms. The van der Waals surface area contributed by atoms with Gasteiger partial charge < -0.3 is 9.84 Å². The van der Waals surface area contributed by atoms with Gasteiger partial charge in [0, 0.05) is 0 Å². The average molecular weight is 364 g/mol. The molecule has 6 heteroatoms. The Hall–Kier alpha value is -2.50. The van der Waals surface area contributed by atoms with Crippen molar-refractivity contribution in [2.45, 2.75) is 31.4 Å². The van der Waals surface area contributed by atoms with Gasteiger partial charge in [-0.15, -0.1) is 0 Å². The number of rotatable bonds is 5. The minimum Gasteiger partial charge on any atom is -0.508 e. The summed E-state index contributed by atoms with van der Waals surface area (Å²) in [6.07, 6.45) is -1.62. The summed E-state index contributed by atoms with van der Waals surface area (Å²) < 4.78 is 43.0. The predicted octanol–water partition coefficient (Wildman–Crippen LogP) is 5.13. The van der Waals surface area contributed by atoms with Crippen LogP contribution in [0.2, 0.25) is 0 Å². The highest BCUT2D eigenvalue weighted by molar-refractivity contribution is 5.79. The van der Waals surface area contributed by atoms with Crippen LogP contribution in [0.4, 0.5) is 13.2 Å². The standard InChI is InChI=1S/C20H19F3O3/c1-26-19(25)18(8-12-2-3-12)15-9-14(10-17(24)11-15)13-4-6-16(7-5-13)20(21,22)23/h4-7,9-12,18,24H,2-3,8H2,1H3. The fourth-order valence-electron chi connectivity index (χ4n) is 3.05. The Morgan fingerprint density at radius 3 is 2.35 bits per heavy atom. The molecule has 0 radical (unpaired) electrons. The average Bonchev–Trinajstić information content (AvgIpc) is 3.42. The molecule has 0 spiro atoms. The molecule has 1 atom stereocenters. The van der Waals surface area contributed by atoms with Crippen molar-refractivity contribution < 1.29 is 27.8 Å². The first-order valence-electron chi connectivity index (χ1n) is 8.37. The number of alkyl halides is 3. The summed E-state index contributed by atoms with van der Waals surface area (Å²) in [5.74, 6) is -0.438. The van der Waals surface area contributed by atoms with Crippen LogP contribution in [0.25, 0.3) is 11.1 Å². The van der Waals surface area contributed by atoms with Crippen LogP contribution in [0.5, 0.6) is 5.75 Å². The zero-order valence-corrected chi connectivity index (χ0v) is 14.2. The van der Waals surface area contributed by atoms with E-state index in [-0.39, 0.29) is 11.7 Å². The molecule has 2 aromatic carbocycles. The van der Waals surface area contributed by atoms with Crippen molar-refractivity contribution in [2.24, 2.45) is 5.92 Å². The normalized spacial score (nSPS) is 15.5. The summed E-state index contributed by atoms with van der Waals surface area (Å²) in [5, 5.41) is 10.1. The number of methoxy groups -OCH3 is 1. The maximum absolute atomic E-state index is 12.7. The van der Waals surface area contributed by atoms with Crippen LogP contribution in [-0.4, -0.2) is 18.2 Å². The molecule has 3 nitrogen and oxygen atoms in total. The first-order valence-corrected chi connectivity index (χ1v) is 8.37. The number of phenols is 1. The Bertz CT molecular complexity index is 793. The van der Waals surface area contributed by atoms with Gasteiger partial charge in [-0.25, -0.2) is 0 Å². The Labute approximate surface area is 149 Å². The molecule has 138 valence electrons. The molecule has 1 aliphatic carbocycles. The molecule has 1 unspecified atom stereocenters. The summed E-state index contributed by atoms with van der Waals surface area (Å²) in [7, 11) is 1.32. The lowest BCUT2D eigenvalue weighted by Gasteiger charge is -2.16. The van der Waals surface area contributed by atoms with Gasteiger partial charge >= 0.3 is 12.1 Å². The van der Waals surface area contributed by atoms with Gasteiger partial charge in [-0.3, -0.25) is 4.79 Å². The molecule has 1 saturated carbocycles. The van der Waals surface area contributed by atoms with Gasteiger partial charge in [0.05, 0.1) is 18.6 Å². The molecular weight excluding hydrogens is 345 g/mol. The van der Waals surface area contributed by atoms with Crippen molar-refractivity contribution in [2.75, 3.05) is 7.11 Å². The van der Waals surface area contributed by atoms with Crippen molar-refractivity contribution in [1.29, 1.82) is 0 Å². The highest BCUT2D eigenvalue weighted by Gasteiger charge is 2.32. The Kier molecular flexibility index (Phi) is 4.94. The second-order valence-corrected chi connectivity index (χ2v) is 6.64. The van der Waals surface area contributed by atoms with Crippen LogP contribution in [0.1, 0.15) is 36.3 Å². The van der Waals surface area contributed by atoms with Gasteiger partial charge in [0.15, 0.2) is 0 Å². The SMILES string of the molecule is COC(=O)C(CC1CC1)c1cc(O)cc(-c2ccc(C(F)(F)F)cc2)c1. The summed E-state index contributed by atoms with van der Waals surface area (Å²) >= 11 is 0. The zero-order valence-electron chi connectivity index (χ0n) is 14.2. The number of halogens is 3. The second-order valence-electron chi connectivity index (χ2n) is 6.64. The van der Waals surface area contributed by atoms with Crippen LogP contribution in [-0.2, 0) is 15.7 Å². The Morgan fingerprint density at radius 1 is 1.15 bits per heavy atom. The van der Waals surface area contributed by atoms with E-state index in [1.54, 1.807) is 6.07 Å². The molecule has 0 aromatic heterocycles. The molecule has 2 aromatic rings. The maximum Gasteiger partial charge on any atom is 0.416 e. The number of phenolic OH excluding ortho intramolecular Hbond substituents is 1. The zero-order chi connectivity index (χ0) is 18.9. The minimum absolute atomic E-state index is 0.0397. The van der Waals surface area contributed by atoms with Crippen LogP contribution in [0.3, 0.4) is 0 Å². The number of hydrogen-bond donors (Lipinski definition) is 1. The molecule has 0 heterocycles. The fraction of sp³-hybridized carbons (Fsp3) is 0.350. The molecule has 0 amide bonds. The van der Waals surface area contributed by atoms with E-state index < -0.39 is 17.7 Å². The van der Waals surface area contributed by atoms with E-state index in [9.17, 15) is 23.1 Å². The quantitative estimate of drug-likeness (QED) is 0.748. The number of hydrogen-bond acceptors (Lipinski definition) is 3. The van der Waals surface area contributed by atoms with E-state index in [4.69, 9.17) is 4.74 Å². The third-order valence-corrected chi connectivity index (χ3v) is 4.64.